The smallest absolute Gasteiger partial charge is 0.240 e. The highest BCUT2D eigenvalue weighted by molar-refractivity contribution is 5.61. The van der Waals surface area contributed by atoms with Crippen LogP contribution in [0.2, 0.25) is 0 Å². The van der Waals surface area contributed by atoms with Gasteiger partial charge in [-0.2, -0.15) is 10.2 Å². The first-order valence-corrected chi connectivity index (χ1v) is 8.84. The molecule has 0 unspecified atom stereocenters. The second-order valence-electron chi connectivity index (χ2n) is 7.06. The fourth-order valence-electron chi connectivity index (χ4n) is 3.27. The largest absolute Gasteiger partial charge is 0.368 e. The number of hydrogen-bond acceptors (Lipinski definition) is 6. The van der Waals surface area contributed by atoms with E-state index in [0.717, 1.165) is 43.9 Å². The fraction of sp³-hybridized carbons (Fsp3) is 0.526. The van der Waals surface area contributed by atoms with Crippen LogP contribution in [0.4, 0.5) is 5.69 Å². The van der Waals surface area contributed by atoms with Crippen LogP contribution in [-0.4, -0.2) is 41.2 Å². The first kappa shape index (κ1) is 17.4. The lowest BCUT2D eigenvalue weighted by Crippen LogP contribution is -2.46. The average Bonchev–Trinajstić information content (AvgIpc) is 3.00. The molecule has 0 atom stereocenters. The molecule has 1 aliphatic heterocycles. The lowest BCUT2D eigenvalue weighted by Gasteiger charge is -2.36. The Morgan fingerprint density at radius 3 is 2.60 bits per heavy atom. The number of aromatic nitrogens is 2. The minimum atomic E-state index is 0.607. The van der Waals surface area contributed by atoms with E-state index in [0.29, 0.717) is 24.2 Å². The van der Waals surface area contributed by atoms with E-state index in [9.17, 15) is 5.26 Å². The molecule has 0 amide bonds. The molecule has 2 aromatic rings. The predicted molar refractivity (Wildman–Crippen MR) is 96.2 cm³/mol. The van der Waals surface area contributed by atoms with Gasteiger partial charge in [-0.3, -0.25) is 4.90 Å². The molecule has 0 radical (unpaired) electrons. The summed E-state index contributed by atoms with van der Waals surface area (Å²) in [6.07, 6.45) is 1.04. The van der Waals surface area contributed by atoms with Gasteiger partial charge in [-0.05, 0) is 37.0 Å². The maximum Gasteiger partial charge on any atom is 0.240 e. The van der Waals surface area contributed by atoms with E-state index in [-0.39, 0.29) is 0 Å². The number of hydrogen-bond donors (Lipinski definition) is 0. The Balaban J connectivity index is 1.66. The molecule has 132 valence electrons. The van der Waals surface area contributed by atoms with Gasteiger partial charge in [0.25, 0.3) is 0 Å². The van der Waals surface area contributed by atoms with Crippen molar-refractivity contribution in [1.29, 1.82) is 5.26 Å². The minimum Gasteiger partial charge on any atom is -0.368 e. The lowest BCUT2D eigenvalue weighted by molar-refractivity contribution is 0.215. The maximum atomic E-state index is 9.46. The summed E-state index contributed by atoms with van der Waals surface area (Å²) in [5.41, 5.74) is 3.12. The van der Waals surface area contributed by atoms with Gasteiger partial charge in [0.05, 0.1) is 17.8 Å². The van der Waals surface area contributed by atoms with Crippen molar-refractivity contribution in [3.8, 4) is 6.07 Å². The number of rotatable bonds is 5. The van der Waals surface area contributed by atoms with Crippen LogP contribution >= 0.6 is 0 Å². The number of nitrogens with zero attached hydrogens (tertiary/aromatic N) is 5. The van der Waals surface area contributed by atoms with Crippen LogP contribution in [0.25, 0.3) is 0 Å². The maximum absolute atomic E-state index is 9.46. The van der Waals surface area contributed by atoms with E-state index >= 15 is 0 Å². The quantitative estimate of drug-likeness (QED) is 0.834. The normalized spacial score (nSPS) is 15.6. The van der Waals surface area contributed by atoms with Gasteiger partial charge in [-0.15, -0.1) is 0 Å². The zero-order chi connectivity index (χ0) is 17.8. The molecule has 0 N–H and O–H groups in total. The van der Waals surface area contributed by atoms with E-state index in [1.807, 2.05) is 13.0 Å². The highest BCUT2D eigenvalue weighted by Gasteiger charge is 2.21. The highest BCUT2D eigenvalue weighted by atomic mass is 16.5. The van der Waals surface area contributed by atoms with Crippen molar-refractivity contribution < 1.29 is 4.52 Å². The Bertz CT molecular complexity index is 753. The van der Waals surface area contributed by atoms with Gasteiger partial charge in [-0.1, -0.05) is 25.1 Å². The summed E-state index contributed by atoms with van der Waals surface area (Å²) < 4.78 is 5.21. The first-order chi connectivity index (χ1) is 12.0. The van der Waals surface area contributed by atoms with Crippen molar-refractivity contribution in [3.63, 3.8) is 0 Å². The summed E-state index contributed by atoms with van der Waals surface area (Å²) in [4.78, 5) is 8.90. The Kier molecular flexibility index (Phi) is 5.34. The van der Waals surface area contributed by atoms with Gasteiger partial charge in [0, 0.05) is 26.2 Å². The summed E-state index contributed by atoms with van der Waals surface area (Å²) in [7, 11) is 0. The van der Waals surface area contributed by atoms with Crippen LogP contribution < -0.4 is 4.90 Å². The van der Waals surface area contributed by atoms with Crippen LogP contribution in [-0.2, 0) is 13.0 Å². The molecular weight excluding hydrogens is 314 g/mol. The monoisotopic (exact) mass is 339 g/mol. The second kappa shape index (κ2) is 7.66. The number of aryl methyl sites for hydroxylation is 1. The Hall–Kier alpha value is -2.39. The van der Waals surface area contributed by atoms with Crippen LogP contribution in [0.15, 0.2) is 22.7 Å². The number of piperazine rings is 1. The van der Waals surface area contributed by atoms with Gasteiger partial charge in [0.2, 0.25) is 5.89 Å². The van der Waals surface area contributed by atoms with E-state index in [2.05, 4.69) is 52.0 Å². The number of benzene rings is 1. The summed E-state index contributed by atoms with van der Waals surface area (Å²) in [5, 5.41) is 13.3. The fourth-order valence-corrected chi connectivity index (χ4v) is 3.27. The number of anilines is 1. The van der Waals surface area contributed by atoms with Crippen molar-refractivity contribution in [2.75, 3.05) is 31.1 Å². The molecule has 2 heterocycles. The van der Waals surface area contributed by atoms with Gasteiger partial charge in [-0.25, -0.2) is 0 Å². The zero-order valence-electron chi connectivity index (χ0n) is 15.2. The molecule has 1 fully saturated rings. The third-order valence-corrected chi connectivity index (χ3v) is 4.47. The average molecular weight is 339 g/mol. The third-order valence-electron chi connectivity index (χ3n) is 4.47. The van der Waals surface area contributed by atoms with Gasteiger partial charge in [0.1, 0.15) is 6.07 Å². The van der Waals surface area contributed by atoms with Crippen molar-refractivity contribution in [1.82, 2.24) is 15.0 Å². The van der Waals surface area contributed by atoms with Gasteiger partial charge in [0.15, 0.2) is 5.82 Å². The van der Waals surface area contributed by atoms with Crippen LogP contribution in [0.3, 0.4) is 0 Å². The standard InChI is InChI=1S/C19H25N5O/c1-14(2)10-16-4-5-17(12-20)18(11-16)24-8-6-23(7-9-24)13-19-21-15(3)22-25-19/h4-5,11,14H,6-10,13H2,1-3H3. The Morgan fingerprint density at radius 2 is 2.00 bits per heavy atom. The molecule has 0 bridgehead atoms. The first-order valence-electron chi connectivity index (χ1n) is 8.84. The molecule has 3 rings (SSSR count). The molecule has 0 saturated carbocycles. The lowest BCUT2D eigenvalue weighted by atomic mass is 10.00. The van der Waals surface area contributed by atoms with Crippen molar-refractivity contribution in [2.45, 2.75) is 33.7 Å². The van der Waals surface area contributed by atoms with Crippen LogP contribution in [0.1, 0.15) is 36.7 Å². The van der Waals surface area contributed by atoms with Crippen molar-refractivity contribution >= 4 is 5.69 Å². The molecular formula is C19H25N5O. The topological polar surface area (TPSA) is 69.2 Å². The molecule has 6 heteroatoms. The summed E-state index contributed by atoms with van der Waals surface area (Å²) >= 11 is 0. The second-order valence-corrected chi connectivity index (χ2v) is 7.06. The summed E-state index contributed by atoms with van der Waals surface area (Å²) in [5.74, 6) is 1.95. The van der Waals surface area contributed by atoms with Gasteiger partial charge < -0.3 is 9.42 Å². The SMILES string of the molecule is Cc1noc(CN2CCN(c3cc(CC(C)C)ccc3C#N)CC2)n1. The van der Waals surface area contributed by atoms with E-state index < -0.39 is 0 Å². The minimum absolute atomic E-state index is 0.607. The van der Waals surface area contributed by atoms with Gasteiger partial charge >= 0.3 is 0 Å². The molecule has 1 aromatic heterocycles. The molecule has 1 aromatic carbocycles. The van der Waals surface area contributed by atoms with E-state index in [4.69, 9.17) is 4.52 Å². The summed E-state index contributed by atoms with van der Waals surface area (Å²) in [6.45, 7) is 10.6. The highest BCUT2D eigenvalue weighted by Crippen LogP contribution is 2.25. The summed E-state index contributed by atoms with van der Waals surface area (Å²) in [6, 6.07) is 8.57. The van der Waals surface area contributed by atoms with Crippen LogP contribution in [0.5, 0.6) is 0 Å². The molecule has 0 spiro atoms. The molecule has 1 aliphatic rings. The molecule has 1 saturated heterocycles. The number of nitriles is 1. The van der Waals surface area contributed by atoms with Crippen LogP contribution in [0, 0.1) is 24.2 Å². The molecule has 6 nitrogen and oxygen atoms in total. The third kappa shape index (κ3) is 4.37. The van der Waals surface area contributed by atoms with E-state index in [1.165, 1.54) is 5.56 Å². The molecule has 0 aliphatic carbocycles. The van der Waals surface area contributed by atoms with E-state index in [1.54, 1.807) is 0 Å². The predicted octanol–water partition coefficient (Wildman–Crippen LogP) is 2.77. The van der Waals surface area contributed by atoms with Crippen molar-refractivity contribution in [2.24, 2.45) is 5.92 Å². The zero-order valence-corrected chi connectivity index (χ0v) is 15.2. The van der Waals surface area contributed by atoms with Crippen molar-refractivity contribution in [3.05, 3.63) is 41.0 Å². The Labute approximate surface area is 149 Å². The Morgan fingerprint density at radius 1 is 1.24 bits per heavy atom. The molecule has 25 heavy (non-hydrogen) atoms.